The number of ether oxygens (including phenoxy) is 7. The third-order valence-electron chi connectivity index (χ3n) is 8.14. The number of benzene rings is 2. The molecule has 0 bridgehead atoms. The molecule has 0 saturated carbocycles. The molecule has 2 aromatic rings. The highest BCUT2D eigenvalue weighted by Crippen LogP contribution is 2.15. The summed E-state index contributed by atoms with van der Waals surface area (Å²) in [5.74, 6) is -2.85. The normalized spacial score (nSPS) is 12.0. The molecule has 304 valence electrons. The first kappa shape index (κ1) is 46.6. The third-order valence-corrected chi connectivity index (χ3v) is 8.14. The second-order valence-electron chi connectivity index (χ2n) is 12.3. The van der Waals surface area contributed by atoms with Crippen molar-refractivity contribution < 1.29 is 61.9 Å². The van der Waals surface area contributed by atoms with Crippen LogP contribution in [0.25, 0.3) is 0 Å². The Labute approximate surface area is 323 Å². The number of carbonyl (C=O) groups is 6. The van der Waals surface area contributed by atoms with Crippen LogP contribution in [0.15, 0.2) is 60.7 Å². The molecule has 15 nitrogen and oxygen atoms in total. The number of esters is 3. The minimum absolute atomic E-state index is 0.00595. The van der Waals surface area contributed by atoms with E-state index >= 15 is 0 Å². The Morgan fingerprint density at radius 2 is 1.22 bits per heavy atom. The molecular weight excluding hydrogens is 716 g/mol. The number of hydrogen-bond acceptors (Lipinski definition) is 14. The number of Topliss-reactive ketones (excluding diaryl/α,β-unsaturated/α-hetero) is 2. The molecular formula is C40H56N2O13. The fourth-order valence-corrected chi connectivity index (χ4v) is 5.08. The Kier molecular flexibility index (Phi) is 25.2. The van der Waals surface area contributed by atoms with Gasteiger partial charge in [0.25, 0.3) is 0 Å². The lowest BCUT2D eigenvalue weighted by Gasteiger charge is -2.15. The van der Waals surface area contributed by atoms with Gasteiger partial charge in [0, 0.05) is 38.0 Å². The van der Waals surface area contributed by atoms with E-state index in [2.05, 4.69) is 10.6 Å². The highest BCUT2D eigenvalue weighted by atomic mass is 16.6. The Morgan fingerprint density at radius 1 is 0.636 bits per heavy atom. The lowest BCUT2D eigenvalue weighted by atomic mass is 9.99. The number of hydrogen-bond donors (Lipinski definition) is 2. The first-order valence-electron chi connectivity index (χ1n) is 18.5. The van der Waals surface area contributed by atoms with Gasteiger partial charge < -0.3 is 38.5 Å². The zero-order valence-corrected chi connectivity index (χ0v) is 32.0. The van der Waals surface area contributed by atoms with E-state index in [-0.39, 0.29) is 75.9 Å². The van der Waals surface area contributed by atoms with Gasteiger partial charge in [-0.2, -0.15) is 0 Å². The molecule has 0 spiro atoms. The zero-order chi connectivity index (χ0) is 39.9. The van der Waals surface area contributed by atoms with Crippen LogP contribution >= 0.6 is 0 Å². The summed E-state index contributed by atoms with van der Waals surface area (Å²) in [5.41, 5.74) is 1.37. The van der Waals surface area contributed by atoms with Crippen molar-refractivity contribution in [2.45, 2.75) is 57.6 Å². The zero-order valence-electron chi connectivity index (χ0n) is 32.0. The fourth-order valence-electron chi connectivity index (χ4n) is 5.08. The summed E-state index contributed by atoms with van der Waals surface area (Å²) in [7, 11) is 2.51. The Morgan fingerprint density at radius 3 is 1.84 bits per heavy atom. The SMILES string of the molecule is COC(=O)[C@H](CCC(=O)NCCOCCOCCOCCOCCCC(=O)CC[C@H](NCC(=O)c1ccccc1)C(=O)OC)CC(=O)OCc1ccccc1. The second kappa shape index (κ2) is 29.8. The molecule has 0 heterocycles. The predicted octanol–water partition coefficient (Wildman–Crippen LogP) is 3.02. The van der Waals surface area contributed by atoms with Crippen molar-refractivity contribution in [1.82, 2.24) is 10.6 Å². The van der Waals surface area contributed by atoms with E-state index in [0.717, 1.165) is 5.56 Å². The lowest BCUT2D eigenvalue weighted by molar-refractivity contribution is -0.154. The average molecular weight is 773 g/mol. The van der Waals surface area contributed by atoms with E-state index in [1.165, 1.54) is 14.2 Å². The van der Waals surface area contributed by atoms with E-state index in [0.29, 0.717) is 64.7 Å². The molecule has 2 N–H and O–H groups in total. The van der Waals surface area contributed by atoms with Gasteiger partial charge in [0.15, 0.2) is 5.78 Å². The van der Waals surface area contributed by atoms with Crippen LogP contribution in [0, 0.1) is 5.92 Å². The molecule has 0 fully saturated rings. The van der Waals surface area contributed by atoms with Crippen LogP contribution in [0.4, 0.5) is 0 Å². The van der Waals surface area contributed by atoms with Crippen molar-refractivity contribution >= 4 is 35.4 Å². The summed E-state index contributed by atoms with van der Waals surface area (Å²) in [6, 6.07) is 17.2. The van der Waals surface area contributed by atoms with Gasteiger partial charge in [0.05, 0.1) is 79.4 Å². The highest BCUT2D eigenvalue weighted by Gasteiger charge is 2.25. The van der Waals surface area contributed by atoms with Crippen molar-refractivity contribution in [2.24, 2.45) is 5.92 Å². The van der Waals surface area contributed by atoms with Crippen molar-refractivity contribution in [3.05, 3.63) is 71.8 Å². The molecule has 1 amide bonds. The lowest BCUT2D eigenvalue weighted by Crippen LogP contribution is -2.40. The number of rotatable bonds is 32. The summed E-state index contributed by atoms with van der Waals surface area (Å²) in [6.45, 7) is 3.21. The number of ketones is 2. The van der Waals surface area contributed by atoms with Crippen LogP contribution in [-0.4, -0.2) is 122 Å². The largest absolute Gasteiger partial charge is 0.469 e. The van der Waals surface area contributed by atoms with Crippen LogP contribution < -0.4 is 10.6 Å². The summed E-state index contributed by atoms with van der Waals surface area (Å²) in [5, 5.41) is 5.63. The smallest absolute Gasteiger partial charge is 0.322 e. The van der Waals surface area contributed by atoms with Crippen molar-refractivity contribution in [3.63, 3.8) is 0 Å². The molecule has 2 aromatic carbocycles. The predicted molar refractivity (Wildman–Crippen MR) is 200 cm³/mol. The monoisotopic (exact) mass is 772 g/mol. The minimum Gasteiger partial charge on any atom is -0.469 e. The Balaban J connectivity index is 1.40. The first-order valence-corrected chi connectivity index (χ1v) is 18.5. The van der Waals surface area contributed by atoms with Crippen molar-refractivity contribution in [3.8, 4) is 0 Å². The first-order chi connectivity index (χ1) is 26.7. The maximum absolute atomic E-state index is 12.3. The Hall–Kier alpha value is -4.54. The van der Waals surface area contributed by atoms with Gasteiger partial charge >= 0.3 is 17.9 Å². The highest BCUT2D eigenvalue weighted by molar-refractivity contribution is 5.97. The van der Waals surface area contributed by atoms with Gasteiger partial charge in [-0.25, -0.2) is 0 Å². The quantitative estimate of drug-likeness (QED) is 0.0478. The minimum atomic E-state index is -0.784. The molecule has 0 saturated heterocycles. The van der Waals surface area contributed by atoms with Gasteiger partial charge in [-0.3, -0.25) is 34.1 Å². The van der Waals surface area contributed by atoms with Crippen LogP contribution in [0.2, 0.25) is 0 Å². The number of nitrogens with one attached hydrogen (secondary N) is 2. The van der Waals surface area contributed by atoms with Crippen molar-refractivity contribution in [1.29, 1.82) is 0 Å². The number of amides is 1. The number of carbonyl (C=O) groups excluding carboxylic acids is 6. The molecule has 15 heteroatoms. The van der Waals surface area contributed by atoms with Gasteiger partial charge in [0.2, 0.25) is 5.91 Å². The van der Waals surface area contributed by atoms with E-state index in [4.69, 9.17) is 33.2 Å². The summed E-state index contributed by atoms with van der Waals surface area (Å²) in [4.78, 5) is 73.4. The van der Waals surface area contributed by atoms with Crippen LogP contribution in [0.5, 0.6) is 0 Å². The molecule has 55 heavy (non-hydrogen) atoms. The van der Waals surface area contributed by atoms with Crippen LogP contribution in [0.3, 0.4) is 0 Å². The fraction of sp³-hybridized carbons (Fsp3) is 0.550. The van der Waals surface area contributed by atoms with Gasteiger partial charge in [-0.15, -0.1) is 0 Å². The maximum Gasteiger partial charge on any atom is 0.322 e. The topological polar surface area (TPSA) is 191 Å². The number of methoxy groups -OCH3 is 2. The molecule has 0 aliphatic carbocycles. The summed E-state index contributed by atoms with van der Waals surface area (Å²) < 4.78 is 36.8. The Bertz CT molecular complexity index is 1410. The second-order valence-corrected chi connectivity index (χ2v) is 12.3. The maximum atomic E-state index is 12.3. The van der Waals surface area contributed by atoms with Gasteiger partial charge in [-0.1, -0.05) is 60.7 Å². The van der Waals surface area contributed by atoms with E-state index in [9.17, 15) is 28.8 Å². The molecule has 2 rings (SSSR count). The van der Waals surface area contributed by atoms with Crippen molar-refractivity contribution in [2.75, 3.05) is 80.2 Å². The molecule has 2 atom stereocenters. The standard InChI is InChI=1S/C40H56N2O13/c1-49-39(47)33(28-38(46)55-30-31-10-5-3-6-11-31)15-18-37(45)41-19-21-52-23-25-54-27-26-53-24-22-51-20-9-14-34(43)16-17-35(40(48)50-2)42-29-36(44)32-12-7-4-8-13-32/h3-8,10-13,33,35,42H,9,14-30H2,1-2H3,(H,41,45)/t33-,35+/m1/s1. The van der Waals surface area contributed by atoms with E-state index < -0.39 is 29.9 Å². The molecule has 0 radical (unpaired) electrons. The third kappa shape index (κ3) is 22.4. The molecule has 0 aromatic heterocycles. The van der Waals surface area contributed by atoms with E-state index in [1.54, 1.807) is 24.3 Å². The molecule has 0 aliphatic heterocycles. The van der Waals surface area contributed by atoms with Gasteiger partial charge in [-0.05, 0) is 24.8 Å². The average Bonchev–Trinajstić information content (AvgIpc) is 3.21. The molecule has 0 unspecified atom stereocenters. The van der Waals surface area contributed by atoms with Crippen LogP contribution in [0.1, 0.15) is 60.9 Å². The molecule has 0 aliphatic rings. The summed E-state index contributed by atoms with van der Waals surface area (Å²) in [6.07, 6.45) is 1.27. The van der Waals surface area contributed by atoms with E-state index in [1.807, 2.05) is 36.4 Å². The van der Waals surface area contributed by atoms with Gasteiger partial charge in [0.1, 0.15) is 18.4 Å². The summed E-state index contributed by atoms with van der Waals surface area (Å²) >= 11 is 0. The van der Waals surface area contributed by atoms with Crippen LogP contribution in [-0.2, 0) is 63.7 Å².